The Morgan fingerprint density at radius 3 is 2.61 bits per heavy atom. The molecule has 0 aliphatic heterocycles. The molecule has 2 rings (SSSR count). The molecule has 6 heteroatoms. The monoisotopic (exact) mass is 267 g/mol. The molecule has 18 heavy (non-hydrogen) atoms. The number of nitrogens with zero attached hydrogens (tertiary/aromatic N) is 2. The SMILES string of the molecule is Cc1nnc(SC(c2ccccc2F)C(C)N)o1. The number of thioether (sulfide) groups is 1. The van der Waals surface area contributed by atoms with Gasteiger partial charge in [-0.1, -0.05) is 30.0 Å². The lowest BCUT2D eigenvalue weighted by Gasteiger charge is -2.19. The van der Waals surface area contributed by atoms with Crippen molar-refractivity contribution in [1.29, 1.82) is 0 Å². The number of hydrogen-bond donors (Lipinski definition) is 1. The van der Waals surface area contributed by atoms with Gasteiger partial charge in [0, 0.05) is 18.5 Å². The smallest absolute Gasteiger partial charge is 0.277 e. The first-order chi connectivity index (χ1) is 8.58. The van der Waals surface area contributed by atoms with E-state index >= 15 is 0 Å². The number of aryl methyl sites for hydroxylation is 1. The number of rotatable bonds is 4. The molecule has 2 N–H and O–H groups in total. The highest BCUT2D eigenvalue weighted by molar-refractivity contribution is 7.99. The van der Waals surface area contributed by atoms with Crippen LogP contribution in [0.2, 0.25) is 0 Å². The highest BCUT2D eigenvalue weighted by Gasteiger charge is 2.23. The van der Waals surface area contributed by atoms with E-state index < -0.39 is 0 Å². The molecule has 0 radical (unpaired) electrons. The zero-order valence-corrected chi connectivity index (χ0v) is 10.9. The van der Waals surface area contributed by atoms with Crippen molar-refractivity contribution in [3.05, 3.63) is 41.5 Å². The molecule has 0 aliphatic rings. The summed E-state index contributed by atoms with van der Waals surface area (Å²) in [7, 11) is 0. The second-order valence-corrected chi connectivity index (χ2v) is 5.10. The van der Waals surface area contributed by atoms with Gasteiger partial charge >= 0.3 is 0 Å². The zero-order chi connectivity index (χ0) is 13.1. The van der Waals surface area contributed by atoms with Gasteiger partial charge in [-0.15, -0.1) is 10.2 Å². The van der Waals surface area contributed by atoms with Crippen molar-refractivity contribution in [2.75, 3.05) is 0 Å². The van der Waals surface area contributed by atoms with Gasteiger partial charge < -0.3 is 10.2 Å². The average Bonchev–Trinajstić information content (AvgIpc) is 2.73. The highest BCUT2D eigenvalue weighted by atomic mass is 32.2. The Kier molecular flexibility index (Phi) is 3.98. The predicted molar refractivity (Wildman–Crippen MR) is 67.7 cm³/mol. The molecule has 1 aromatic carbocycles. The number of aromatic nitrogens is 2. The summed E-state index contributed by atoms with van der Waals surface area (Å²) in [4.78, 5) is 0. The van der Waals surface area contributed by atoms with Crippen LogP contribution in [0.4, 0.5) is 4.39 Å². The summed E-state index contributed by atoms with van der Waals surface area (Å²) in [6, 6.07) is 6.34. The van der Waals surface area contributed by atoms with E-state index in [0.29, 0.717) is 16.7 Å². The molecule has 0 amide bonds. The van der Waals surface area contributed by atoms with Crippen molar-refractivity contribution in [3.8, 4) is 0 Å². The number of halogens is 1. The number of hydrogen-bond acceptors (Lipinski definition) is 5. The Hall–Kier alpha value is -1.40. The van der Waals surface area contributed by atoms with E-state index in [1.54, 1.807) is 25.1 Å². The van der Waals surface area contributed by atoms with Crippen molar-refractivity contribution in [3.63, 3.8) is 0 Å². The van der Waals surface area contributed by atoms with Gasteiger partial charge in [0.05, 0.1) is 5.25 Å². The summed E-state index contributed by atoms with van der Waals surface area (Å²) in [5.41, 5.74) is 6.46. The summed E-state index contributed by atoms with van der Waals surface area (Å²) in [6.07, 6.45) is 0. The van der Waals surface area contributed by atoms with Crippen LogP contribution in [0.3, 0.4) is 0 Å². The zero-order valence-electron chi connectivity index (χ0n) is 10.1. The largest absolute Gasteiger partial charge is 0.416 e. The van der Waals surface area contributed by atoms with Crippen LogP contribution < -0.4 is 5.73 Å². The molecular formula is C12H14FN3OS. The Morgan fingerprint density at radius 2 is 2.06 bits per heavy atom. The van der Waals surface area contributed by atoms with Gasteiger partial charge in [0.25, 0.3) is 5.22 Å². The van der Waals surface area contributed by atoms with Crippen LogP contribution in [0.25, 0.3) is 0 Å². The minimum absolute atomic E-state index is 0.237. The molecule has 0 spiro atoms. The standard InChI is InChI=1S/C12H14FN3OS/c1-7(14)11(9-5-3-4-6-10(9)13)18-12-16-15-8(2)17-12/h3-7,11H,14H2,1-2H3. The third kappa shape index (κ3) is 2.88. The third-order valence-corrected chi connectivity index (χ3v) is 3.73. The molecule has 0 saturated carbocycles. The maximum Gasteiger partial charge on any atom is 0.277 e. The molecule has 2 aromatic rings. The van der Waals surface area contributed by atoms with E-state index in [2.05, 4.69) is 10.2 Å². The van der Waals surface area contributed by atoms with Crippen molar-refractivity contribution in [2.24, 2.45) is 5.73 Å². The summed E-state index contributed by atoms with van der Waals surface area (Å²) < 4.78 is 19.1. The van der Waals surface area contributed by atoms with Gasteiger partial charge in [-0.2, -0.15) is 0 Å². The highest BCUT2D eigenvalue weighted by Crippen LogP contribution is 2.37. The fourth-order valence-electron chi connectivity index (χ4n) is 1.59. The van der Waals surface area contributed by atoms with Gasteiger partial charge in [-0.3, -0.25) is 0 Å². The Balaban J connectivity index is 2.27. The normalized spacial score (nSPS) is 14.4. The Bertz CT molecular complexity index is 530. The summed E-state index contributed by atoms with van der Waals surface area (Å²) >= 11 is 1.28. The van der Waals surface area contributed by atoms with Gasteiger partial charge in [0.2, 0.25) is 5.89 Å². The van der Waals surface area contributed by atoms with E-state index in [-0.39, 0.29) is 17.1 Å². The second kappa shape index (κ2) is 5.49. The molecule has 1 aromatic heterocycles. The molecule has 0 fully saturated rings. The van der Waals surface area contributed by atoms with E-state index in [0.717, 1.165) is 0 Å². The van der Waals surface area contributed by atoms with Crippen molar-refractivity contribution >= 4 is 11.8 Å². The fourth-order valence-corrected chi connectivity index (χ4v) is 2.60. The first kappa shape index (κ1) is 13.0. The van der Waals surface area contributed by atoms with Gasteiger partial charge in [-0.05, 0) is 13.0 Å². The maximum atomic E-state index is 13.8. The van der Waals surface area contributed by atoms with Crippen LogP contribution in [-0.4, -0.2) is 16.2 Å². The lowest BCUT2D eigenvalue weighted by molar-refractivity contribution is 0.427. The topological polar surface area (TPSA) is 64.9 Å². The third-order valence-electron chi connectivity index (χ3n) is 2.42. The molecule has 2 unspecified atom stereocenters. The molecular weight excluding hydrogens is 253 g/mol. The summed E-state index contributed by atoms with van der Waals surface area (Å²) in [5, 5.41) is 7.78. The summed E-state index contributed by atoms with van der Waals surface area (Å²) in [6.45, 7) is 3.54. The maximum absolute atomic E-state index is 13.8. The lowest BCUT2D eigenvalue weighted by atomic mass is 10.1. The van der Waals surface area contributed by atoms with Gasteiger partial charge in [0.15, 0.2) is 0 Å². The molecule has 2 atom stereocenters. The van der Waals surface area contributed by atoms with Crippen LogP contribution in [0.15, 0.2) is 33.9 Å². The molecule has 0 saturated heterocycles. The van der Waals surface area contributed by atoms with Crippen molar-refractivity contribution in [1.82, 2.24) is 10.2 Å². The minimum Gasteiger partial charge on any atom is -0.416 e. The molecule has 0 bridgehead atoms. The number of benzene rings is 1. The quantitative estimate of drug-likeness (QED) is 0.863. The van der Waals surface area contributed by atoms with Crippen LogP contribution in [-0.2, 0) is 0 Å². The van der Waals surface area contributed by atoms with Gasteiger partial charge in [-0.25, -0.2) is 4.39 Å². The van der Waals surface area contributed by atoms with Crippen LogP contribution >= 0.6 is 11.8 Å². The van der Waals surface area contributed by atoms with E-state index in [1.165, 1.54) is 17.8 Å². The lowest BCUT2D eigenvalue weighted by Crippen LogP contribution is -2.23. The predicted octanol–water partition coefficient (Wildman–Crippen LogP) is 2.70. The van der Waals surface area contributed by atoms with Gasteiger partial charge in [0.1, 0.15) is 5.82 Å². The van der Waals surface area contributed by atoms with E-state index in [1.807, 2.05) is 6.92 Å². The Morgan fingerprint density at radius 1 is 1.33 bits per heavy atom. The number of nitrogens with two attached hydrogens (primary N) is 1. The Labute approximate surface area is 109 Å². The first-order valence-corrected chi connectivity index (χ1v) is 6.42. The summed E-state index contributed by atoms with van der Waals surface area (Å²) in [5.74, 6) is 0.206. The van der Waals surface area contributed by atoms with Crippen LogP contribution in [0.1, 0.15) is 23.6 Å². The molecule has 1 heterocycles. The minimum atomic E-state index is -0.275. The first-order valence-electron chi connectivity index (χ1n) is 5.54. The fraction of sp³-hybridized carbons (Fsp3) is 0.333. The van der Waals surface area contributed by atoms with Crippen molar-refractivity contribution in [2.45, 2.75) is 30.4 Å². The molecule has 4 nitrogen and oxygen atoms in total. The molecule has 0 aliphatic carbocycles. The molecule has 96 valence electrons. The average molecular weight is 267 g/mol. The van der Waals surface area contributed by atoms with Crippen LogP contribution in [0.5, 0.6) is 0 Å². The van der Waals surface area contributed by atoms with E-state index in [4.69, 9.17) is 10.2 Å². The van der Waals surface area contributed by atoms with Crippen molar-refractivity contribution < 1.29 is 8.81 Å². The van der Waals surface area contributed by atoms with Crippen LogP contribution in [0, 0.1) is 12.7 Å². The second-order valence-electron chi connectivity index (χ2n) is 4.01. The van der Waals surface area contributed by atoms with E-state index in [9.17, 15) is 4.39 Å².